The van der Waals surface area contributed by atoms with E-state index in [4.69, 9.17) is 12.2 Å². The van der Waals surface area contributed by atoms with Gasteiger partial charge in [-0.05, 0) is 38.6 Å². The molecule has 3 rings (SSSR count). The van der Waals surface area contributed by atoms with E-state index in [1.807, 2.05) is 31.2 Å². The van der Waals surface area contributed by atoms with Crippen molar-refractivity contribution >= 4 is 23.0 Å². The number of nitrogens with one attached hydrogen (secondary N) is 2. The molecule has 2 N–H and O–H groups in total. The van der Waals surface area contributed by atoms with Crippen molar-refractivity contribution in [3.8, 4) is 0 Å². The van der Waals surface area contributed by atoms with Crippen molar-refractivity contribution < 1.29 is 22.0 Å². The van der Waals surface area contributed by atoms with E-state index < -0.39 is 41.2 Å². The van der Waals surface area contributed by atoms with Gasteiger partial charge in [0.25, 0.3) is 0 Å². The number of rotatable bonds is 5. The van der Waals surface area contributed by atoms with Crippen molar-refractivity contribution in [2.75, 3.05) is 5.32 Å². The van der Waals surface area contributed by atoms with Crippen molar-refractivity contribution in [3.63, 3.8) is 0 Å². The number of benzene rings is 2. The fourth-order valence-electron chi connectivity index (χ4n) is 3.02. The molecule has 0 atom stereocenters. The van der Waals surface area contributed by atoms with Gasteiger partial charge in [0.1, 0.15) is 0 Å². The molecular weight excluding hydrogens is 435 g/mol. The van der Waals surface area contributed by atoms with E-state index in [-0.39, 0.29) is 0 Å². The van der Waals surface area contributed by atoms with Gasteiger partial charge in [0.05, 0.1) is 29.2 Å². The van der Waals surface area contributed by atoms with Crippen LogP contribution in [0, 0.1) is 49.9 Å². The van der Waals surface area contributed by atoms with Crippen LogP contribution in [0.25, 0.3) is 0 Å². The standard InChI is InChI=1S/C21H19F5N4S/c1-10-4-6-13(7-5-10)8-27-21(31)28-20-11(2)29-30(12(20)3)9-14-15(22)17(24)19(26)18(25)16(14)23/h4-7H,8-9H2,1-3H3,(H2,27,28,31). The van der Waals surface area contributed by atoms with Gasteiger partial charge in [0.2, 0.25) is 5.82 Å². The van der Waals surface area contributed by atoms with Crippen molar-refractivity contribution in [2.45, 2.75) is 33.9 Å². The van der Waals surface area contributed by atoms with Crippen molar-refractivity contribution in [3.05, 3.63) is 81.4 Å². The molecule has 31 heavy (non-hydrogen) atoms. The Balaban J connectivity index is 1.77. The molecule has 0 aliphatic rings. The second-order valence-corrected chi connectivity index (χ2v) is 7.45. The van der Waals surface area contributed by atoms with E-state index in [1.165, 1.54) is 0 Å². The van der Waals surface area contributed by atoms with Crippen molar-refractivity contribution in [1.82, 2.24) is 15.1 Å². The highest BCUT2D eigenvalue weighted by Gasteiger charge is 2.26. The van der Waals surface area contributed by atoms with Gasteiger partial charge in [-0.3, -0.25) is 4.68 Å². The van der Waals surface area contributed by atoms with Gasteiger partial charge in [0.15, 0.2) is 28.4 Å². The molecule has 10 heteroatoms. The largest absolute Gasteiger partial charge is 0.358 e. The third-order valence-electron chi connectivity index (χ3n) is 4.80. The average molecular weight is 454 g/mol. The number of hydrogen-bond donors (Lipinski definition) is 2. The number of hydrogen-bond acceptors (Lipinski definition) is 2. The lowest BCUT2D eigenvalue weighted by molar-refractivity contribution is 0.366. The number of aromatic nitrogens is 2. The zero-order chi connectivity index (χ0) is 22.9. The van der Waals surface area contributed by atoms with Gasteiger partial charge < -0.3 is 10.6 Å². The summed E-state index contributed by atoms with van der Waals surface area (Å²) in [6, 6.07) is 7.88. The first-order valence-corrected chi connectivity index (χ1v) is 9.65. The quantitative estimate of drug-likeness (QED) is 0.245. The molecule has 0 amide bonds. The molecule has 0 saturated carbocycles. The Morgan fingerprint density at radius 3 is 2.03 bits per heavy atom. The first kappa shape index (κ1) is 22.7. The molecule has 0 bridgehead atoms. The SMILES string of the molecule is Cc1ccc(CNC(=S)Nc2c(C)nn(Cc3c(F)c(F)c(F)c(F)c3F)c2C)cc1. The van der Waals surface area contributed by atoms with E-state index in [2.05, 4.69) is 15.7 Å². The molecule has 0 unspecified atom stereocenters. The molecule has 1 heterocycles. The van der Waals surface area contributed by atoms with E-state index in [0.29, 0.717) is 28.7 Å². The van der Waals surface area contributed by atoms with Crippen LogP contribution in [0.2, 0.25) is 0 Å². The third kappa shape index (κ3) is 4.68. The monoisotopic (exact) mass is 454 g/mol. The predicted octanol–water partition coefficient (Wildman–Crippen LogP) is 5.04. The highest BCUT2D eigenvalue weighted by atomic mass is 32.1. The van der Waals surface area contributed by atoms with Crippen LogP contribution >= 0.6 is 12.2 Å². The molecule has 3 aromatic rings. The smallest absolute Gasteiger partial charge is 0.200 e. The maximum Gasteiger partial charge on any atom is 0.200 e. The van der Waals surface area contributed by atoms with Crippen LogP contribution in [0.3, 0.4) is 0 Å². The van der Waals surface area contributed by atoms with Crippen LogP contribution in [0.4, 0.5) is 27.6 Å². The molecule has 164 valence electrons. The summed E-state index contributed by atoms with van der Waals surface area (Å²) in [4.78, 5) is 0. The molecule has 0 radical (unpaired) electrons. The molecule has 4 nitrogen and oxygen atoms in total. The normalized spacial score (nSPS) is 11.0. The Morgan fingerprint density at radius 1 is 0.903 bits per heavy atom. The fourth-order valence-corrected chi connectivity index (χ4v) is 3.19. The van der Waals surface area contributed by atoms with Gasteiger partial charge >= 0.3 is 0 Å². The van der Waals surface area contributed by atoms with Gasteiger partial charge in [-0.1, -0.05) is 29.8 Å². The Kier molecular flexibility index (Phi) is 6.59. The first-order valence-electron chi connectivity index (χ1n) is 9.24. The summed E-state index contributed by atoms with van der Waals surface area (Å²) in [5, 5.41) is 10.5. The average Bonchev–Trinajstić information content (AvgIpc) is 3.01. The van der Waals surface area contributed by atoms with Gasteiger partial charge in [0, 0.05) is 6.54 Å². The highest BCUT2D eigenvalue weighted by Crippen LogP contribution is 2.26. The fraction of sp³-hybridized carbons (Fsp3) is 0.238. The maximum atomic E-state index is 14.0. The molecule has 0 spiro atoms. The zero-order valence-corrected chi connectivity index (χ0v) is 17.7. The Morgan fingerprint density at radius 2 is 1.45 bits per heavy atom. The predicted molar refractivity (Wildman–Crippen MR) is 111 cm³/mol. The van der Waals surface area contributed by atoms with E-state index in [0.717, 1.165) is 15.8 Å². The number of anilines is 1. The molecule has 0 fully saturated rings. The highest BCUT2D eigenvalue weighted by molar-refractivity contribution is 7.80. The van der Waals surface area contributed by atoms with E-state index in [1.54, 1.807) is 13.8 Å². The molecule has 2 aromatic carbocycles. The summed E-state index contributed by atoms with van der Waals surface area (Å²) in [5.41, 5.74) is 2.53. The number of halogens is 5. The van der Waals surface area contributed by atoms with Gasteiger partial charge in [-0.25, -0.2) is 22.0 Å². The minimum Gasteiger partial charge on any atom is -0.358 e. The second-order valence-electron chi connectivity index (χ2n) is 7.05. The lowest BCUT2D eigenvalue weighted by Crippen LogP contribution is -2.28. The summed E-state index contributed by atoms with van der Waals surface area (Å²) >= 11 is 5.29. The van der Waals surface area contributed by atoms with Crippen LogP contribution in [0.15, 0.2) is 24.3 Å². The minimum absolute atomic E-state index is 0.294. The van der Waals surface area contributed by atoms with E-state index in [9.17, 15) is 22.0 Å². The Labute approximate surface area is 181 Å². The molecular formula is C21H19F5N4S. The van der Waals surface area contributed by atoms with Crippen LogP contribution in [-0.2, 0) is 13.1 Å². The third-order valence-corrected chi connectivity index (χ3v) is 5.05. The van der Waals surface area contributed by atoms with Crippen LogP contribution in [0.5, 0.6) is 0 Å². The molecule has 0 aliphatic heterocycles. The lowest BCUT2D eigenvalue weighted by Gasteiger charge is -2.12. The lowest BCUT2D eigenvalue weighted by atomic mass is 10.1. The molecule has 0 saturated heterocycles. The van der Waals surface area contributed by atoms with Crippen LogP contribution < -0.4 is 10.6 Å². The minimum atomic E-state index is -2.19. The van der Waals surface area contributed by atoms with Gasteiger partial charge in [-0.15, -0.1) is 0 Å². The van der Waals surface area contributed by atoms with Gasteiger partial charge in [-0.2, -0.15) is 5.10 Å². The summed E-state index contributed by atoms with van der Waals surface area (Å²) in [6.45, 7) is 5.05. The summed E-state index contributed by atoms with van der Waals surface area (Å²) < 4.78 is 69.4. The topological polar surface area (TPSA) is 41.9 Å². The molecule has 0 aliphatic carbocycles. The zero-order valence-electron chi connectivity index (χ0n) is 16.9. The summed E-state index contributed by atoms with van der Waals surface area (Å²) in [6.07, 6.45) is 0. The van der Waals surface area contributed by atoms with E-state index >= 15 is 0 Å². The summed E-state index contributed by atoms with van der Waals surface area (Å²) in [5.74, 6) is -9.94. The maximum absolute atomic E-state index is 14.0. The Hall–Kier alpha value is -3.01. The molecule has 1 aromatic heterocycles. The number of aryl methyl sites for hydroxylation is 2. The Bertz CT molecular complexity index is 1110. The van der Waals surface area contributed by atoms with Crippen molar-refractivity contribution in [1.29, 1.82) is 0 Å². The second kappa shape index (κ2) is 9.01. The van der Waals surface area contributed by atoms with Crippen LogP contribution in [-0.4, -0.2) is 14.9 Å². The number of thiocarbonyl (C=S) groups is 1. The summed E-state index contributed by atoms with van der Waals surface area (Å²) in [7, 11) is 0. The first-order chi connectivity index (χ1) is 14.6. The number of nitrogens with zero attached hydrogens (tertiary/aromatic N) is 2. The van der Waals surface area contributed by atoms with Crippen LogP contribution in [0.1, 0.15) is 28.1 Å². The van der Waals surface area contributed by atoms with Crippen molar-refractivity contribution in [2.24, 2.45) is 0 Å².